The molecule has 10 rings (SSSR count). The van der Waals surface area contributed by atoms with Crippen molar-refractivity contribution in [3.8, 4) is 73.0 Å². The molecule has 8 aromatic rings. The third kappa shape index (κ3) is 5.73. The van der Waals surface area contributed by atoms with E-state index in [9.17, 15) is 0 Å². The van der Waals surface area contributed by atoms with E-state index in [0.29, 0.717) is 5.82 Å². The van der Waals surface area contributed by atoms with Crippen molar-refractivity contribution in [1.82, 2.24) is 9.97 Å². The number of para-hydroxylation sites is 1. The van der Waals surface area contributed by atoms with Gasteiger partial charge in [0.2, 0.25) is 0 Å². The van der Waals surface area contributed by atoms with E-state index in [0.717, 1.165) is 45.0 Å². The van der Waals surface area contributed by atoms with Gasteiger partial charge in [-0.05, 0) is 50.7 Å². The topological polar surface area (TPSA) is 35.0 Å². The number of nitrogens with zero attached hydrogens (tertiary/aromatic N) is 2. The molecule has 3 nitrogen and oxygen atoms in total. The molecule has 2 unspecified atom stereocenters. The lowest BCUT2D eigenvalue weighted by atomic mass is 9.90. The Labute approximate surface area is 309 Å². The molecule has 0 amide bonds. The van der Waals surface area contributed by atoms with Crippen LogP contribution in [0.25, 0.3) is 78.1 Å². The van der Waals surface area contributed by atoms with E-state index >= 15 is 0 Å². The van der Waals surface area contributed by atoms with Gasteiger partial charge < -0.3 is 4.74 Å². The number of benzene rings is 7. The first-order valence-corrected chi connectivity index (χ1v) is 18.1. The maximum atomic E-state index is 6.47. The molecule has 0 saturated carbocycles. The number of allylic oxidation sites excluding steroid dienone is 2. The van der Waals surface area contributed by atoms with Crippen LogP contribution in [0.3, 0.4) is 0 Å². The van der Waals surface area contributed by atoms with E-state index in [1.807, 2.05) is 6.07 Å². The van der Waals surface area contributed by atoms with Crippen LogP contribution in [0.4, 0.5) is 0 Å². The van der Waals surface area contributed by atoms with Crippen LogP contribution in [0.5, 0.6) is 5.75 Å². The molecule has 1 aliphatic carbocycles. The highest BCUT2D eigenvalue weighted by Crippen LogP contribution is 2.46. The van der Waals surface area contributed by atoms with Crippen molar-refractivity contribution in [3.63, 3.8) is 0 Å². The van der Waals surface area contributed by atoms with Crippen molar-refractivity contribution in [2.45, 2.75) is 12.0 Å². The predicted molar refractivity (Wildman–Crippen MR) is 218 cm³/mol. The molecule has 7 aromatic carbocycles. The highest BCUT2D eigenvalue weighted by molar-refractivity contribution is 5.97. The number of hydrogen-bond acceptors (Lipinski definition) is 3. The van der Waals surface area contributed by atoms with E-state index in [-0.39, 0.29) is 12.0 Å². The van der Waals surface area contributed by atoms with Crippen LogP contribution in [-0.2, 0) is 0 Å². The smallest absolute Gasteiger partial charge is 0.160 e. The standard InChI is InChI=1S/C50H34N2O/c1-2-10-33(11-3-1)34-20-26-38(27-21-34)46-32-47(39-28-22-36(23-29-39)42-16-8-13-35-12-4-5-14-41(35)42)52-50(51-46)40-30-24-37(25-31-40)43-17-9-18-45-44-15-6-7-19-48(44)53-49(43)45/h1-32,44,48H. The molecular formula is C50H34N2O. The predicted octanol–water partition coefficient (Wildman–Crippen LogP) is 12.6. The largest absolute Gasteiger partial charge is 0.484 e. The summed E-state index contributed by atoms with van der Waals surface area (Å²) in [4.78, 5) is 10.3. The molecule has 0 radical (unpaired) electrons. The van der Waals surface area contributed by atoms with E-state index in [1.165, 1.54) is 38.6 Å². The quantitative estimate of drug-likeness (QED) is 0.176. The minimum Gasteiger partial charge on any atom is -0.484 e. The molecule has 2 heterocycles. The lowest BCUT2D eigenvalue weighted by molar-refractivity contribution is 0.270. The van der Waals surface area contributed by atoms with Gasteiger partial charge in [-0.15, -0.1) is 0 Å². The van der Waals surface area contributed by atoms with Crippen molar-refractivity contribution in [2.24, 2.45) is 0 Å². The first kappa shape index (κ1) is 30.9. The molecule has 0 fully saturated rings. The normalized spacial score (nSPS) is 15.5. The number of aromatic nitrogens is 2. The SMILES string of the molecule is C1=CC2Oc3c(-c4ccc(-c5nc(-c6ccc(-c7ccccc7)cc6)cc(-c6ccc(-c7cccc8ccccc78)cc6)n5)cc4)cccc3C2C=C1. The highest BCUT2D eigenvalue weighted by Gasteiger charge is 2.33. The third-order valence-corrected chi connectivity index (χ3v) is 10.5. The maximum absolute atomic E-state index is 6.47. The molecular weight excluding hydrogens is 645 g/mol. The first-order valence-electron chi connectivity index (χ1n) is 18.1. The lowest BCUT2D eigenvalue weighted by Crippen LogP contribution is -2.15. The van der Waals surface area contributed by atoms with Crippen molar-refractivity contribution < 1.29 is 4.74 Å². The van der Waals surface area contributed by atoms with Gasteiger partial charge in [0.1, 0.15) is 11.9 Å². The van der Waals surface area contributed by atoms with Gasteiger partial charge in [-0.3, -0.25) is 0 Å². The summed E-state index contributed by atoms with van der Waals surface area (Å²) in [5, 5.41) is 2.48. The van der Waals surface area contributed by atoms with Crippen molar-refractivity contribution in [3.05, 3.63) is 200 Å². The average Bonchev–Trinajstić information content (AvgIpc) is 3.63. The van der Waals surface area contributed by atoms with Gasteiger partial charge >= 0.3 is 0 Å². The Hall–Kier alpha value is -6.84. The van der Waals surface area contributed by atoms with Gasteiger partial charge in [-0.25, -0.2) is 9.97 Å². The molecule has 0 bridgehead atoms. The van der Waals surface area contributed by atoms with Crippen LogP contribution >= 0.6 is 0 Å². The highest BCUT2D eigenvalue weighted by atomic mass is 16.5. The molecule has 250 valence electrons. The number of hydrogen-bond donors (Lipinski definition) is 0. The number of fused-ring (bicyclic) bond motifs is 4. The fraction of sp³-hybridized carbons (Fsp3) is 0.0400. The Bertz CT molecular complexity index is 2670. The Kier molecular flexibility index (Phi) is 7.62. The summed E-state index contributed by atoms with van der Waals surface area (Å²) in [7, 11) is 0. The van der Waals surface area contributed by atoms with Gasteiger partial charge in [0.15, 0.2) is 5.82 Å². The van der Waals surface area contributed by atoms with E-state index in [2.05, 4.69) is 188 Å². The summed E-state index contributed by atoms with van der Waals surface area (Å²) in [6, 6.07) is 60.0. The van der Waals surface area contributed by atoms with Crippen LogP contribution in [0.2, 0.25) is 0 Å². The number of ether oxygens (including phenoxy) is 1. The Morgan fingerprint density at radius 2 is 0.962 bits per heavy atom. The minimum atomic E-state index is 0.0489. The van der Waals surface area contributed by atoms with Crippen LogP contribution in [0.1, 0.15) is 11.5 Å². The monoisotopic (exact) mass is 678 g/mol. The average molecular weight is 679 g/mol. The van der Waals surface area contributed by atoms with E-state index in [4.69, 9.17) is 14.7 Å². The zero-order chi connectivity index (χ0) is 35.1. The minimum absolute atomic E-state index is 0.0489. The summed E-state index contributed by atoms with van der Waals surface area (Å²) in [5.74, 6) is 1.91. The van der Waals surface area contributed by atoms with Crippen LogP contribution in [-0.4, -0.2) is 16.1 Å². The van der Waals surface area contributed by atoms with Crippen molar-refractivity contribution in [2.75, 3.05) is 0 Å². The van der Waals surface area contributed by atoms with Gasteiger partial charge in [0.25, 0.3) is 0 Å². The van der Waals surface area contributed by atoms with Gasteiger partial charge in [-0.1, -0.05) is 182 Å². The fourth-order valence-electron chi connectivity index (χ4n) is 7.72. The Balaban J connectivity index is 1.03. The molecule has 1 aromatic heterocycles. The van der Waals surface area contributed by atoms with Gasteiger partial charge in [0, 0.05) is 33.7 Å². The number of rotatable bonds is 6. The van der Waals surface area contributed by atoms with Crippen molar-refractivity contribution in [1.29, 1.82) is 0 Å². The fourth-order valence-corrected chi connectivity index (χ4v) is 7.72. The zero-order valence-electron chi connectivity index (χ0n) is 28.9. The molecule has 1 aliphatic heterocycles. The third-order valence-electron chi connectivity index (χ3n) is 10.5. The first-order chi connectivity index (χ1) is 26.2. The second-order valence-corrected chi connectivity index (χ2v) is 13.7. The maximum Gasteiger partial charge on any atom is 0.160 e. The second kappa shape index (κ2) is 13.0. The summed E-state index contributed by atoms with van der Waals surface area (Å²) in [6.07, 6.45) is 8.61. The molecule has 53 heavy (non-hydrogen) atoms. The van der Waals surface area contributed by atoms with E-state index < -0.39 is 0 Å². The van der Waals surface area contributed by atoms with Crippen LogP contribution < -0.4 is 4.74 Å². The summed E-state index contributed by atoms with van der Waals surface area (Å²) in [5.41, 5.74) is 13.0. The van der Waals surface area contributed by atoms with Crippen LogP contribution in [0.15, 0.2) is 194 Å². The van der Waals surface area contributed by atoms with Crippen LogP contribution in [0, 0.1) is 0 Å². The van der Waals surface area contributed by atoms with Gasteiger partial charge in [-0.2, -0.15) is 0 Å². The second-order valence-electron chi connectivity index (χ2n) is 13.7. The lowest BCUT2D eigenvalue weighted by Gasteiger charge is -2.14. The van der Waals surface area contributed by atoms with Crippen molar-refractivity contribution >= 4 is 10.8 Å². The Morgan fingerprint density at radius 3 is 1.72 bits per heavy atom. The zero-order valence-corrected chi connectivity index (χ0v) is 28.9. The van der Waals surface area contributed by atoms with E-state index in [1.54, 1.807) is 0 Å². The molecule has 0 spiro atoms. The molecule has 3 heteroatoms. The van der Waals surface area contributed by atoms with Gasteiger partial charge in [0.05, 0.1) is 11.4 Å². The summed E-state index contributed by atoms with van der Waals surface area (Å²) in [6.45, 7) is 0. The molecule has 0 N–H and O–H groups in total. The molecule has 2 atom stereocenters. The molecule has 0 saturated heterocycles. The summed E-state index contributed by atoms with van der Waals surface area (Å²) < 4.78 is 6.47. The Morgan fingerprint density at radius 1 is 0.415 bits per heavy atom. The molecule has 2 aliphatic rings. The summed E-state index contributed by atoms with van der Waals surface area (Å²) >= 11 is 0.